The van der Waals surface area contributed by atoms with Crippen LogP contribution in [-0.4, -0.2) is 42.3 Å². The summed E-state index contributed by atoms with van der Waals surface area (Å²) in [5.74, 6) is 1.74. The number of furan rings is 1. The second-order valence-electron chi connectivity index (χ2n) is 5.41. The van der Waals surface area contributed by atoms with Crippen LogP contribution in [0.1, 0.15) is 17.1 Å². The summed E-state index contributed by atoms with van der Waals surface area (Å²) in [7, 11) is 0. The normalized spacial score (nSPS) is 16.0. The van der Waals surface area contributed by atoms with Crippen molar-refractivity contribution in [3.8, 4) is 0 Å². The Morgan fingerprint density at radius 1 is 1.05 bits per heavy atom. The summed E-state index contributed by atoms with van der Waals surface area (Å²) in [5.41, 5.74) is 1.38. The molecule has 4 nitrogen and oxygen atoms in total. The molecule has 1 aromatic carbocycles. The summed E-state index contributed by atoms with van der Waals surface area (Å²) in [6, 6.07) is 14.5. The van der Waals surface area contributed by atoms with E-state index in [0.29, 0.717) is 0 Å². The Kier molecular flexibility index (Phi) is 6.04. The second kappa shape index (κ2) is 8.01. The summed E-state index contributed by atoms with van der Waals surface area (Å²) in [5, 5.41) is 6.61. The first-order valence-corrected chi connectivity index (χ1v) is 7.41. The van der Waals surface area contributed by atoms with Crippen LogP contribution in [-0.2, 0) is 6.54 Å². The van der Waals surface area contributed by atoms with Crippen molar-refractivity contribution in [3.05, 3.63) is 59.5 Å². The highest BCUT2D eigenvalue weighted by Gasteiger charge is 2.15. The van der Waals surface area contributed by atoms with Gasteiger partial charge in [-0.15, -0.1) is 0 Å². The minimum absolute atomic E-state index is 0. The Morgan fingerprint density at radius 2 is 1.77 bits per heavy atom. The molecule has 0 aliphatic carbocycles. The number of aryl methyl sites for hydroxylation is 1. The maximum Gasteiger partial charge on any atom is 0.147 e. The van der Waals surface area contributed by atoms with E-state index in [1.165, 1.54) is 5.56 Å². The van der Waals surface area contributed by atoms with Crippen molar-refractivity contribution in [3.63, 3.8) is 0 Å². The number of halogens is 1. The summed E-state index contributed by atoms with van der Waals surface area (Å²) < 4.78 is 5.49. The molecule has 0 radical (unpaired) electrons. The molecule has 1 aliphatic heterocycles. The smallest absolute Gasteiger partial charge is 0.147 e. The highest BCUT2D eigenvalue weighted by Crippen LogP contribution is 2.09. The van der Waals surface area contributed by atoms with Gasteiger partial charge in [0.15, 0.2) is 0 Å². The van der Waals surface area contributed by atoms with Gasteiger partial charge < -0.3 is 16.8 Å². The van der Waals surface area contributed by atoms with Crippen molar-refractivity contribution in [2.75, 3.05) is 26.2 Å². The Hall–Kier alpha value is -1.78. The number of nitrogens with zero attached hydrogens (tertiary/aromatic N) is 3. The molecule has 118 valence electrons. The highest BCUT2D eigenvalue weighted by atomic mass is 35.5. The fourth-order valence-corrected chi connectivity index (χ4v) is 2.51. The van der Waals surface area contributed by atoms with Crippen LogP contribution in [0.15, 0.2) is 52.0 Å². The lowest BCUT2D eigenvalue weighted by Gasteiger charge is -2.32. The Morgan fingerprint density at radius 3 is 2.41 bits per heavy atom. The summed E-state index contributed by atoms with van der Waals surface area (Å²) in [6.45, 7) is 6.98. The predicted octanol–water partition coefficient (Wildman–Crippen LogP) is -0.256. The average Bonchev–Trinajstić information content (AvgIpc) is 2.93. The second-order valence-corrected chi connectivity index (χ2v) is 5.41. The predicted molar refractivity (Wildman–Crippen MR) is 84.3 cm³/mol. The van der Waals surface area contributed by atoms with Gasteiger partial charge in [0.05, 0.1) is 6.21 Å². The Bertz CT molecular complexity index is 589. The molecule has 0 unspecified atom stereocenters. The van der Waals surface area contributed by atoms with Crippen molar-refractivity contribution in [1.29, 1.82) is 0 Å². The molecule has 5 heteroatoms. The third-order valence-corrected chi connectivity index (χ3v) is 3.71. The molecule has 0 bridgehead atoms. The maximum absolute atomic E-state index is 5.49. The van der Waals surface area contributed by atoms with Crippen LogP contribution in [0.5, 0.6) is 0 Å². The fraction of sp³-hybridized carbons (Fsp3) is 0.353. The van der Waals surface area contributed by atoms with Crippen molar-refractivity contribution in [1.82, 2.24) is 9.91 Å². The molecule has 0 atom stereocenters. The number of rotatable bonds is 4. The van der Waals surface area contributed by atoms with Gasteiger partial charge in [-0.05, 0) is 24.6 Å². The van der Waals surface area contributed by atoms with Crippen LogP contribution in [0.4, 0.5) is 0 Å². The quantitative estimate of drug-likeness (QED) is 0.728. The van der Waals surface area contributed by atoms with E-state index >= 15 is 0 Å². The van der Waals surface area contributed by atoms with Crippen molar-refractivity contribution < 1.29 is 16.8 Å². The van der Waals surface area contributed by atoms with Crippen molar-refractivity contribution in [2.24, 2.45) is 5.10 Å². The van der Waals surface area contributed by atoms with Gasteiger partial charge in [0.25, 0.3) is 0 Å². The molecule has 0 saturated carbocycles. The molecular weight excluding hydrogens is 298 g/mol. The fourth-order valence-electron chi connectivity index (χ4n) is 2.51. The van der Waals surface area contributed by atoms with Gasteiger partial charge in [0.2, 0.25) is 0 Å². The molecule has 0 N–H and O–H groups in total. The van der Waals surface area contributed by atoms with Gasteiger partial charge in [-0.3, -0.25) is 9.91 Å². The summed E-state index contributed by atoms with van der Waals surface area (Å²) in [6.07, 6.45) is 1.81. The van der Waals surface area contributed by atoms with E-state index in [1.54, 1.807) is 6.21 Å². The number of hydrazone groups is 1. The lowest BCUT2D eigenvalue weighted by atomic mass is 10.2. The molecule has 22 heavy (non-hydrogen) atoms. The molecule has 0 spiro atoms. The SMILES string of the molecule is Cc1ccc(C=NN2CCN(Cc3ccccc3)CC2)o1.[Cl-]. The van der Waals surface area contributed by atoms with Crippen LogP contribution in [0.25, 0.3) is 0 Å². The topological polar surface area (TPSA) is 32.0 Å². The first-order valence-electron chi connectivity index (χ1n) is 7.41. The van der Waals surface area contributed by atoms with Gasteiger partial charge in [-0.2, -0.15) is 5.10 Å². The van der Waals surface area contributed by atoms with E-state index in [0.717, 1.165) is 44.2 Å². The molecule has 2 heterocycles. The summed E-state index contributed by atoms with van der Waals surface area (Å²) >= 11 is 0. The van der Waals surface area contributed by atoms with Crippen molar-refractivity contribution >= 4 is 6.21 Å². The molecule has 3 rings (SSSR count). The largest absolute Gasteiger partial charge is 1.00 e. The Labute approximate surface area is 137 Å². The first kappa shape index (κ1) is 16.6. The van der Waals surface area contributed by atoms with E-state index in [1.807, 2.05) is 19.1 Å². The molecular formula is C17H21ClN3O-. The van der Waals surface area contributed by atoms with Gasteiger partial charge in [0.1, 0.15) is 11.5 Å². The van der Waals surface area contributed by atoms with E-state index in [4.69, 9.17) is 4.42 Å². The number of piperazine rings is 1. The average molecular weight is 319 g/mol. The molecule has 1 aliphatic rings. The third-order valence-electron chi connectivity index (χ3n) is 3.71. The molecule has 1 aromatic heterocycles. The first-order chi connectivity index (χ1) is 10.3. The third kappa shape index (κ3) is 4.61. The lowest BCUT2D eigenvalue weighted by molar-refractivity contribution is -0.00000497. The molecule has 2 aromatic rings. The highest BCUT2D eigenvalue weighted by molar-refractivity contribution is 5.75. The van der Waals surface area contributed by atoms with E-state index in [2.05, 4.69) is 45.3 Å². The number of hydrogen-bond donors (Lipinski definition) is 0. The minimum Gasteiger partial charge on any atom is -1.00 e. The van der Waals surface area contributed by atoms with Crippen LogP contribution >= 0.6 is 0 Å². The Balaban J connectivity index is 0.00000176. The summed E-state index contributed by atoms with van der Waals surface area (Å²) in [4.78, 5) is 2.47. The molecule has 1 fully saturated rings. The van der Waals surface area contributed by atoms with Gasteiger partial charge >= 0.3 is 0 Å². The number of hydrogen-bond acceptors (Lipinski definition) is 4. The zero-order valence-corrected chi connectivity index (χ0v) is 13.5. The van der Waals surface area contributed by atoms with E-state index in [9.17, 15) is 0 Å². The maximum atomic E-state index is 5.49. The molecule has 0 amide bonds. The van der Waals surface area contributed by atoms with Gasteiger partial charge in [0, 0.05) is 32.7 Å². The molecule has 1 saturated heterocycles. The zero-order chi connectivity index (χ0) is 14.5. The van der Waals surface area contributed by atoms with E-state index in [-0.39, 0.29) is 12.4 Å². The minimum atomic E-state index is 0. The standard InChI is InChI=1S/C17H21N3O.ClH/c1-15-7-8-17(21-15)13-18-20-11-9-19(10-12-20)14-16-5-3-2-4-6-16;/h2-8,13H,9-12,14H2,1H3;1H/p-1. The van der Waals surface area contributed by atoms with Gasteiger partial charge in [-0.25, -0.2) is 0 Å². The van der Waals surface area contributed by atoms with Crippen LogP contribution < -0.4 is 12.4 Å². The number of benzene rings is 1. The van der Waals surface area contributed by atoms with Crippen LogP contribution in [0, 0.1) is 6.92 Å². The van der Waals surface area contributed by atoms with Gasteiger partial charge in [-0.1, -0.05) is 30.3 Å². The van der Waals surface area contributed by atoms with E-state index < -0.39 is 0 Å². The van der Waals surface area contributed by atoms with Crippen LogP contribution in [0.2, 0.25) is 0 Å². The van der Waals surface area contributed by atoms with Crippen molar-refractivity contribution in [2.45, 2.75) is 13.5 Å². The van der Waals surface area contributed by atoms with Crippen LogP contribution in [0.3, 0.4) is 0 Å². The zero-order valence-electron chi connectivity index (χ0n) is 12.8. The lowest BCUT2D eigenvalue weighted by Crippen LogP contribution is -3.00. The monoisotopic (exact) mass is 318 g/mol.